The molecular formula is C17H17N5O3. The number of para-hydroxylation sites is 1. The van der Waals surface area contributed by atoms with Crippen molar-refractivity contribution in [3.8, 4) is 5.75 Å². The summed E-state index contributed by atoms with van der Waals surface area (Å²) in [5.41, 5.74) is 1.29. The van der Waals surface area contributed by atoms with Crippen molar-refractivity contribution in [2.45, 2.75) is 13.0 Å². The van der Waals surface area contributed by atoms with E-state index in [1.54, 1.807) is 44.6 Å². The van der Waals surface area contributed by atoms with Gasteiger partial charge in [-0.15, -0.1) is 0 Å². The summed E-state index contributed by atoms with van der Waals surface area (Å²) in [6.07, 6.45) is 3.18. The Labute approximate surface area is 144 Å². The van der Waals surface area contributed by atoms with Crippen molar-refractivity contribution in [1.82, 2.24) is 20.4 Å². The fourth-order valence-corrected chi connectivity index (χ4v) is 2.35. The van der Waals surface area contributed by atoms with Crippen LogP contribution in [0.2, 0.25) is 0 Å². The number of carbonyl (C=O) groups is 1. The molecule has 3 rings (SSSR count). The van der Waals surface area contributed by atoms with Gasteiger partial charge in [-0.1, -0.05) is 23.4 Å². The Bertz CT molecular complexity index is 850. The van der Waals surface area contributed by atoms with Crippen molar-refractivity contribution < 1.29 is 14.1 Å². The molecule has 0 aliphatic carbocycles. The number of methoxy groups -OCH3 is 1. The maximum Gasteiger partial charge on any atom is 0.320 e. The van der Waals surface area contributed by atoms with E-state index < -0.39 is 12.1 Å². The first kappa shape index (κ1) is 16.4. The van der Waals surface area contributed by atoms with Crippen molar-refractivity contribution in [3.63, 3.8) is 0 Å². The van der Waals surface area contributed by atoms with E-state index in [1.807, 2.05) is 18.2 Å². The molecule has 2 heterocycles. The fraction of sp³-hybridized carbons (Fsp3) is 0.176. The maximum absolute atomic E-state index is 12.4. The topological polar surface area (TPSA) is 102 Å². The van der Waals surface area contributed by atoms with Crippen LogP contribution in [-0.2, 0) is 0 Å². The monoisotopic (exact) mass is 339 g/mol. The molecule has 25 heavy (non-hydrogen) atoms. The molecule has 3 aromatic rings. The largest absolute Gasteiger partial charge is 0.496 e. The van der Waals surface area contributed by atoms with Crippen molar-refractivity contribution in [3.05, 3.63) is 66.1 Å². The number of ether oxygens (including phenoxy) is 1. The van der Waals surface area contributed by atoms with E-state index in [0.717, 1.165) is 0 Å². The Hall–Kier alpha value is -3.42. The van der Waals surface area contributed by atoms with Gasteiger partial charge in [-0.2, -0.15) is 4.98 Å². The third-order valence-corrected chi connectivity index (χ3v) is 3.45. The molecule has 0 unspecified atom stereocenters. The van der Waals surface area contributed by atoms with Gasteiger partial charge in [0.2, 0.25) is 5.89 Å². The van der Waals surface area contributed by atoms with Gasteiger partial charge in [0.25, 0.3) is 0 Å². The summed E-state index contributed by atoms with van der Waals surface area (Å²) in [5.74, 6) is 1.35. The molecule has 2 amide bonds. The van der Waals surface area contributed by atoms with Crippen LogP contribution >= 0.6 is 0 Å². The average Bonchev–Trinajstić information content (AvgIpc) is 3.06. The minimum atomic E-state index is -0.634. The van der Waals surface area contributed by atoms with Gasteiger partial charge in [-0.25, -0.2) is 4.79 Å². The van der Waals surface area contributed by atoms with E-state index in [1.165, 1.54) is 0 Å². The molecule has 8 heteroatoms. The van der Waals surface area contributed by atoms with Gasteiger partial charge in [0.1, 0.15) is 11.8 Å². The highest BCUT2D eigenvalue weighted by atomic mass is 16.5. The van der Waals surface area contributed by atoms with Crippen molar-refractivity contribution >= 4 is 11.7 Å². The summed E-state index contributed by atoms with van der Waals surface area (Å²) in [7, 11) is 1.56. The molecule has 0 aliphatic heterocycles. The van der Waals surface area contributed by atoms with E-state index in [-0.39, 0.29) is 0 Å². The second kappa shape index (κ2) is 7.43. The predicted molar refractivity (Wildman–Crippen MR) is 90.3 cm³/mol. The first-order chi connectivity index (χ1) is 12.2. The normalized spacial score (nSPS) is 11.6. The Morgan fingerprint density at radius 3 is 2.76 bits per heavy atom. The highest BCUT2D eigenvalue weighted by molar-refractivity contribution is 5.89. The molecule has 128 valence electrons. The molecule has 2 aromatic heterocycles. The molecule has 1 atom stereocenters. The van der Waals surface area contributed by atoms with Gasteiger partial charge < -0.3 is 19.9 Å². The minimum absolute atomic E-state index is 0.336. The molecule has 8 nitrogen and oxygen atoms in total. The highest BCUT2D eigenvalue weighted by Gasteiger charge is 2.25. The number of urea groups is 1. The number of hydrogen-bond donors (Lipinski definition) is 2. The van der Waals surface area contributed by atoms with Crippen LogP contribution in [-0.4, -0.2) is 28.3 Å². The SMILES string of the molecule is COc1ccccc1[C@H](NC(=O)Nc1cccnc1)c1noc(C)n1. The number of anilines is 1. The smallest absolute Gasteiger partial charge is 0.320 e. The predicted octanol–water partition coefficient (Wildman–Crippen LogP) is 2.69. The number of benzene rings is 1. The van der Waals surface area contributed by atoms with Crippen LogP contribution in [0.3, 0.4) is 0 Å². The first-order valence-corrected chi connectivity index (χ1v) is 7.58. The lowest BCUT2D eigenvalue weighted by atomic mass is 10.1. The molecule has 0 fully saturated rings. The van der Waals surface area contributed by atoms with Gasteiger partial charge in [-0.05, 0) is 18.2 Å². The van der Waals surface area contributed by atoms with Crippen LogP contribution in [0.4, 0.5) is 10.5 Å². The lowest BCUT2D eigenvalue weighted by Gasteiger charge is -2.18. The van der Waals surface area contributed by atoms with Crippen LogP contribution in [0, 0.1) is 6.92 Å². The second-order valence-electron chi connectivity index (χ2n) is 5.19. The number of hydrogen-bond acceptors (Lipinski definition) is 6. The zero-order valence-electron chi connectivity index (χ0n) is 13.8. The standard InChI is InChI=1S/C17H17N5O3/c1-11-19-16(22-25-11)15(13-7-3-4-8-14(13)24-2)21-17(23)20-12-6-5-9-18-10-12/h3-10,15H,1-2H3,(H2,20,21,23)/t15-/m0/s1. The van der Waals surface area contributed by atoms with Crippen LogP contribution < -0.4 is 15.4 Å². The zero-order chi connectivity index (χ0) is 17.6. The quantitative estimate of drug-likeness (QED) is 0.741. The minimum Gasteiger partial charge on any atom is -0.496 e. The number of rotatable bonds is 5. The molecule has 0 radical (unpaired) electrons. The summed E-state index contributed by atoms with van der Waals surface area (Å²) in [6.45, 7) is 1.69. The molecular weight excluding hydrogens is 322 g/mol. The van der Waals surface area contributed by atoms with E-state index in [2.05, 4.69) is 25.8 Å². The fourth-order valence-electron chi connectivity index (χ4n) is 2.35. The number of nitrogens with one attached hydrogen (secondary N) is 2. The zero-order valence-corrected chi connectivity index (χ0v) is 13.8. The number of pyridine rings is 1. The van der Waals surface area contributed by atoms with Gasteiger partial charge in [-0.3, -0.25) is 4.98 Å². The van der Waals surface area contributed by atoms with Gasteiger partial charge in [0.15, 0.2) is 5.82 Å². The number of aryl methyl sites for hydroxylation is 1. The van der Waals surface area contributed by atoms with Crippen LogP contribution in [0.15, 0.2) is 53.3 Å². The maximum atomic E-state index is 12.4. The van der Waals surface area contributed by atoms with Gasteiger partial charge in [0.05, 0.1) is 19.0 Å². The average molecular weight is 339 g/mol. The second-order valence-corrected chi connectivity index (χ2v) is 5.19. The third-order valence-electron chi connectivity index (χ3n) is 3.45. The molecule has 0 spiro atoms. The third kappa shape index (κ3) is 3.92. The molecule has 1 aromatic carbocycles. The van der Waals surface area contributed by atoms with E-state index in [9.17, 15) is 4.79 Å². The van der Waals surface area contributed by atoms with Crippen LogP contribution in [0.5, 0.6) is 5.75 Å². The van der Waals surface area contributed by atoms with E-state index in [0.29, 0.717) is 28.7 Å². The lowest BCUT2D eigenvalue weighted by molar-refractivity contribution is 0.249. The summed E-state index contributed by atoms with van der Waals surface area (Å²) in [6, 6.07) is 9.74. The van der Waals surface area contributed by atoms with Crippen LogP contribution in [0.1, 0.15) is 23.3 Å². The highest BCUT2D eigenvalue weighted by Crippen LogP contribution is 2.28. The van der Waals surface area contributed by atoms with E-state index in [4.69, 9.17) is 9.26 Å². The molecule has 0 saturated carbocycles. The van der Waals surface area contributed by atoms with Crippen molar-refractivity contribution in [1.29, 1.82) is 0 Å². The number of aromatic nitrogens is 3. The summed E-state index contributed by atoms with van der Waals surface area (Å²) in [4.78, 5) is 20.6. The van der Waals surface area contributed by atoms with Gasteiger partial charge >= 0.3 is 6.03 Å². The molecule has 0 saturated heterocycles. The molecule has 2 N–H and O–H groups in total. The number of amides is 2. The summed E-state index contributed by atoms with van der Waals surface area (Å²) >= 11 is 0. The molecule has 0 aliphatic rings. The van der Waals surface area contributed by atoms with Crippen molar-refractivity contribution in [2.75, 3.05) is 12.4 Å². The Kier molecular flexibility index (Phi) is 4.89. The Morgan fingerprint density at radius 2 is 2.08 bits per heavy atom. The molecule has 0 bridgehead atoms. The summed E-state index contributed by atoms with van der Waals surface area (Å²) < 4.78 is 10.4. The number of nitrogens with zero attached hydrogens (tertiary/aromatic N) is 3. The Balaban J connectivity index is 1.88. The van der Waals surface area contributed by atoms with Gasteiger partial charge in [0, 0.05) is 18.7 Å². The first-order valence-electron chi connectivity index (χ1n) is 7.58. The Morgan fingerprint density at radius 1 is 1.24 bits per heavy atom. The van der Waals surface area contributed by atoms with Crippen LogP contribution in [0.25, 0.3) is 0 Å². The summed E-state index contributed by atoms with van der Waals surface area (Å²) in [5, 5.41) is 9.49. The van der Waals surface area contributed by atoms with E-state index >= 15 is 0 Å². The van der Waals surface area contributed by atoms with Crippen molar-refractivity contribution in [2.24, 2.45) is 0 Å². The number of carbonyl (C=O) groups excluding carboxylic acids is 1. The lowest BCUT2D eigenvalue weighted by Crippen LogP contribution is -2.34.